The first-order chi connectivity index (χ1) is 7.81. The van der Waals surface area contributed by atoms with Gasteiger partial charge in [-0.15, -0.1) is 0 Å². The lowest BCUT2D eigenvalue weighted by Crippen LogP contribution is -2.38. The highest BCUT2D eigenvalue weighted by atomic mass is 16.6. The van der Waals surface area contributed by atoms with Crippen molar-refractivity contribution < 1.29 is 9.53 Å². The molecule has 2 rings (SSSR count). The van der Waals surface area contributed by atoms with Gasteiger partial charge in [-0.05, 0) is 19.8 Å². The molecule has 6 nitrogen and oxygen atoms in total. The second-order valence-electron chi connectivity index (χ2n) is 3.83. The van der Waals surface area contributed by atoms with E-state index in [-0.39, 0.29) is 6.09 Å². The first-order valence-electron chi connectivity index (χ1n) is 5.58. The number of aromatic amines is 1. The fraction of sp³-hybridized carbons (Fsp3) is 0.700. The summed E-state index contributed by atoms with van der Waals surface area (Å²) in [5.74, 6) is 1.30. The van der Waals surface area contributed by atoms with Crippen molar-refractivity contribution >= 4 is 6.09 Å². The lowest BCUT2D eigenvalue weighted by Gasteiger charge is -2.30. The van der Waals surface area contributed by atoms with Gasteiger partial charge in [0.2, 0.25) is 0 Å². The Balaban J connectivity index is 1.85. The molecule has 1 aliphatic heterocycles. The molecule has 1 fully saturated rings. The summed E-state index contributed by atoms with van der Waals surface area (Å²) in [7, 11) is 0. The highest BCUT2D eigenvalue weighted by Crippen LogP contribution is 2.25. The number of carbonyl (C=O) groups excluding carboxylic acids is 1. The lowest BCUT2D eigenvalue weighted by molar-refractivity contribution is 0.0966. The van der Waals surface area contributed by atoms with Crippen LogP contribution < -0.4 is 0 Å². The molecule has 0 spiro atoms. The maximum atomic E-state index is 11.5. The number of amides is 1. The topological polar surface area (TPSA) is 71.1 Å². The highest BCUT2D eigenvalue weighted by molar-refractivity contribution is 5.67. The summed E-state index contributed by atoms with van der Waals surface area (Å²) in [6, 6.07) is 0. The molecule has 0 aliphatic carbocycles. The normalized spacial score (nSPS) is 17.4. The first-order valence-corrected chi connectivity index (χ1v) is 5.58. The third kappa shape index (κ3) is 2.32. The predicted octanol–water partition coefficient (Wildman–Crippen LogP) is 1.14. The Morgan fingerprint density at radius 2 is 2.38 bits per heavy atom. The molecule has 1 saturated heterocycles. The number of likely N-dealkylation sites (tertiary alicyclic amines) is 1. The Hall–Kier alpha value is -1.59. The molecule has 1 aromatic rings. The van der Waals surface area contributed by atoms with Crippen LogP contribution in [0.4, 0.5) is 4.79 Å². The minimum atomic E-state index is -0.210. The third-order valence-electron chi connectivity index (χ3n) is 2.84. The average molecular weight is 224 g/mol. The molecule has 0 bridgehead atoms. The van der Waals surface area contributed by atoms with E-state index in [0.29, 0.717) is 12.5 Å². The molecule has 16 heavy (non-hydrogen) atoms. The smallest absolute Gasteiger partial charge is 0.409 e. The molecule has 0 saturated carbocycles. The molecule has 1 N–H and O–H groups in total. The summed E-state index contributed by atoms with van der Waals surface area (Å²) >= 11 is 0. The molecule has 1 aromatic heterocycles. The van der Waals surface area contributed by atoms with Crippen molar-refractivity contribution in [3.63, 3.8) is 0 Å². The fourth-order valence-electron chi connectivity index (χ4n) is 1.96. The quantitative estimate of drug-likeness (QED) is 0.817. The second-order valence-corrected chi connectivity index (χ2v) is 3.83. The summed E-state index contributed by atoms with van der Waals surface area (Å²) in [5.41, 5.74) is 0. The van der Waals surface area contributed by atoms with Gasteiger partial charge in [0.25, 0.3) is 0 Å². The van der Waals surface area contributed by atoms with Crippen molar-refractivity contribution in [2.45, 2.75) is 25.7 Å². The van der Waals surface area contributed by atoms with E-state index < -0.39 is 0 Å². The number of carbonyl (C=O) groups is 1. The lowest BCUT2D eigenvalue weighted by atomic mass is 9.96. The number of rotatable bonds is 2. The van der Waals surface area contributed by atoms with Crippen molar-refractivity contribution in [1.82, 2.24) is 20.1 Å². The van der Waals surface area contributed by atoms with Gasteiger partial charge in [0.1, 0.15) is 12.2 Å². The molecule has 1 amide bonds. The summed E-state index contributed by atoms with van der Waals surface area (Å²) in [6.45, 7) is 3.70. The van der Waals surface area contributed by atoms with Crippen LogP contribution in [0.1, 0.15) is 31.5 Å². The summed E-state index contributed by atoms with van der Waals surface area (Å²) in [6.07, 6.45) is 3.13. The average Bonchev–Trinajstić information content (AvgIpc) is 2.83. The van der Waals surface area contributed by atoms with Crippen LogP contribution >= 0.6 is 0 Å². The molecule has 1 aliphatic rings. The van der Waals surface area contributed by atoms with E-state index in [1.165, 1.54) is 6.33 Å². The van der Waals surface area contributed by atoms with E-state index in [1.807, 2.05) is 6.92 Å². The van der Waals surface area contributed by atoms with Gasteiger partial charge in [0, 0.05) is 19.0 Å². The summed E-state index contributed by atoms with van der Waals surface area (Å²) in [4.78, 5) is 17.4. The van der Waals surface area contributed by atoms with E-state index in [2.05, 4.69) is 15.2 Å². The zero-order chi connectivity index (χ0) is 11.4. The molecular formula is C10H16N4O2. The van der Waals surface area contributed by atoms with Crippen LogP contribution in [-0.4, -0.2) is 45.9 Å². The van der Waals surface area contributed by atoms with Crippen molar-refractivity contribution in [2.24, 2.45) is 0 Å². The van der Waals surface area contributed by atoms with E-state index in [0.717, 1.165) is 31.8 Å². The minimum absolute atomic E-state index is 0.210. The predicted molar refractivity (Wildman–Crippen MR) is 57.0 cm³/mol. The van der Waals surface area contributed by atoms with Crippen LogP contribution in [0.2, 0.25) is 0 Å². The Kier molecular flexibility index (Phi) is 3.38. The van der Waals surface area contributed by atoms with E-state index in [1.54, 1.807) is 4.90 Å². The van der Waals surface area contributed by atoms with Crippen LogP contribution in [-0.2, 0) is 4.74 Å². The van der Waals surface area contributed by atoms with Gasteiger partial charge in [-0.2, -0.15) is 5.10 Å². The van der Waals surface area contributed by atoms with Crippen LogP contribution in [0.3, 0.4) is 0 Å². The minimum Gasteiger partial charge on any atom is -0.450 e. The Labute approximate surface area is 94.0 Å². The summed E-state index contributed by atoms with van der Waals surface area (Å²) in [5, 5.41) is 6.72. The Morgan fingerprint density at radius 3 is 2.94 bits per heavy atom. The molecule has 0 unspecified atom stereocenters. The number of hydrogen-bond donors (Lipinski definition) is 1. The molecule has 0 aromatic carbocycles. The van der Waals surface area contributed by atoms with E-state index >= 15 is 0 Å². The molecule has 2 heterocycles. The maximum Gasteiger partial charge on any atom is 0.409 e. The SMILES string of the molecule is CCOC(=O)N1CCC(c2ncn[nH]2)CC1. The first kappa shape index (κ1) is 10.9. The van der Waals surface area contributed by atoms with Gasteiger partial charge in [-0.25, -0.2) is 9.78 Å². The second kappa shape index (κ2) is 4.96. The van der Waals surface area contributed by atoms with Gasteiger partial charge in [0.15, 0.2) is 0 Å². The number of nitrogens with zero attached hydrogens (tertiary/aromatic N) is 3. The number of hydrogen-bond acceptors (Lipinski definition) is 4. The summed E-state index contributed by atoms with van der Waals surface area (Å²) < 4.78 is 4.96. The molecular weight excluding hydrogens is 208 g/mol. The van der Waals surface area contributed by atoms with Crippen molar-refractivity contribution in [1.29, 1.82) is 0 Å². The molecule has 0 radical (unpaired) electrons. The standard InChI is InChI=1S/C10H16N4O2/c1-2-16-10(15)14-5-3-8(4-6-14)9-11-7-12-13-9/h7-8H,2-6H2,1H3,(H,11,12,13). The fourth-order valence-corrected chi connectivity index (χ4v) is 1.96. The van der Waals surface area contributed by atoms with Crippen LogP contribution in [0.5, 0.6) is 0 Å². The Bertz CT molecular complexity index is 331. The van der Waals surface area contributed by atoms with Gasteiger partial charge >= 0.3 is 6.09 Å². The van der Waals surface area contributed by atoms with Crippen molar-refractivity contribution in [3.8, 4) is 0 Å². The van der Waals surface area contributed by atoms with Crippen LogP contribution in [0.25, 0.3) is 0 Å². The number of nitrogens with one attached hydrogen (secondary N) is 1. The van der Waals surface area contributed by atoms with Crippen LogP contribution in [0, 0.1) is 0 Å². The molecule has 88 valence electrons. The Morgan fingerprint density at radius 1 is 1.62 bits per heavy atom. The van der Waals surface area contributed by atoms with Gasteiger partial charge in [0.05, 0.1) is 6.61 Å². The van der Waals surface area contributed by atoms with E-state index in [4.69, 9.17) is 4.74 Å². The molecule has 6 heteroatoms. The number of piperidine rings is 1. The van der Waals surface area contributed by atoms with Gasteiger partial charge < -0.3 is 9.64 Å². The van der Waals surface area contributed by atoms with Crippen LogP contribution in [0.15, 0.2) is 6.33 Å². The molecule has 0 atom stereocenters. The van der Waals surface area contributed by atoms with Gasteiger partial charge in [-0.3, -0.25) is 5.10 Å². The van der Waals surface area contributed by atoms with Crippen molar-refractivity contribution in [3.05, 3.63) is 12.2 Å². The monoisotopic (exact) mass is 224 g/mol. The number of aromatic nitrogens is 3. The number of H-pyrrole nitrogens is 1. The highest BCUT2D eigenvalue weighted by Gasteiger charge is 2.25. The largest absolute Gasteiger partial charge is 0.450 e. The number of ether oxygens (including phenoxy) is 1. The zero-order valence-electron chi connectivity index (χ0n) is 9.35. The zero-order valence-corrected chi connectivity index (χ0v) is 9.35. The van der Waals surface area contributed by atoms with Crippen molar-refractivity contribution in [2.75, 3.05) is 19.7 Å². The van der Waals surface area contributed by atoms with Gasteiger partial charge in [-0.1, -0.05) is 0 Å². The van der Waals surface area contributed by atoms with E-state index in [9.17, 15) is 4.79 Å². The third-order valence-corrected chi connectivity index (χ3v) is 2.84. The maximum absolute atomic E-state index is 11.5.